The number of ketones is 1. The third kappa shape index (κ3) is 5.42. The zero-order chi connectivity index (χ0) is 18.2. The van der Waals surface area contributed by atoms with Crippen LogP contribution in [0.15, 0.2) is 24.3 Å². The molecule has 0 N–H and O–H groups in total. The van der Waals surface area contributed by atoms with E-state index in [1.807, 2.05) is 20.8 Å². The molecule has 5 heteroatoms. The lowest BCUT2D eigenvalue weighted by molar-refractivity contribution is 0.0105. The summed E-state index contributed by atoms with van der Waals surface area (Å²) >= 11 is 0. The molecule has 0 fully saturated rings. The number of esters is 1. The number of hydrogen-bond acceptors (Lipinski definition) is 5. The summed E-state index contributed by atoms with van der Waals surface area (Å²) in [5, 5.41) is 0. The average molecular weight is 336 g/mol. The summed E-state index contributed by atoms with van der Waals surface area (Å²) in [6.07, 6.45) is 1.65. The van der Waals surface area contributed by atoms with Gasteiger partial charge < -0.3 is 14.2 Å². The summed E-state index contributed by atoms with van der Waals surface area (Å²) in [6.45, 7) is 8.25. The van der Waals surface area contributed by atoms with Gasteiger partial charge in [-0.1, -0.05) is 26.0 Å². The van der Waals surface area contributed by atoms with Crippen LogP contribution in [0.3, 0.4) is 0 Å². The Hall–Kier alpha value is -1.72. The van der Waals surface area contributed by atoms with E-state index in [0.29, 0.717) is 24.2 Å². The smallest absolute Gasteiger partial charge is 0.338 e. The highest BCUT2D eigenvalue weighted by atomic mass is 16.6. The number of rotatable bonds is 10. The summed E-state index contributed by atoms with van der Waals surface area (Å²) in [6, 6.07) is 6.44. The molecule has 0 amide bonds. The molecular weight excluding hydrogens is 308 g/mol. The van der Waals surface area contributed by atoms with Crippen molar-refractivity contribution in [3.8, 4) is 0 Å². The van der Waals surface area contributed by atoms with Gasteiger partial charge in [0.25, 0.3) is 0 Å². The van der Waals surface area contributed by atoms with Gasteiger partial charge in [-0.3, -0.25) is 4.79 Å². The van der Waals surface area contributed by atoms with E-state index in [4.69, 9.17) is 14.2 Å². The van der Waals surface area contributed by atoms with Crippen LogP contribution in [-0.4, -0.2) is 43.8 Å². The van der Waals surface area contributed by atoms with Crippen molar-refractivity contribution in [2.24, 2.45) is 0 Å². The predicted octanol–water partition coefficient (Wildman–Crippen LogP) is 3.66. The number of carbonyl (C=O) groups is 2. The molecule has 0 bridgehead atoms. The van der Waals surface area contributed by atoms with Gasteiger partial charge in [0.2, 0.25) is 0 Å². The van der Waals surface area contributed by atoms with E-state index in [0.717, 1.165) is 6.42 Å². The molecule has 1 aromatic carbocycles. The van der Waals surface area contributed by atoms with E-state index in [-0.39, 0.29) is 18.5 Å². The largest absolute Gasteiger partial charge is 0.460 e. The quantitative estimate of drug-likeness (QED) is 0.371. The van der Waals surface area contributed by atoms with Crippen molar-refractivity contribution in [3.05, 3.63) is 35.4 Å². The Bertz CT molecular complexity index is 531. The van der Waals surface area contributed by atoms with Crippen molar-refractivity contribution in [1.29, 1.82) is 0 Å². The summed E-state index contributed by atoms with van der Waals surface area (Å²) < 4.78 is 15.9. The summed E-state index contributed by atoms with van der Waals surface area (Å²) in [7, 11) is 1.52. The normalized spacial score (nSPS) is 14.7. The van der Waals surface area contributed by atoms with E-state index in [1.54, 1.807) is 31.2 Å². The molecule has 0 aliphatic rings. The topological polar surface area (TPSA) is 61.8 Å². The van der Waals surface area contributed by atoms with Gasteiger partial charge in [0.15, 0.2) is 5.78 Å². The Morgan fingerprint density at radius 3 is 2.17 bits per heavy atom. The van der Waals surface area contributed by atoms with Gasteiger partial charge in [-0.05, 0) is 38.8 Å². The summed E-state index contributed by atoms with van der Waals surface area (Å²) in [5.74, 6) is -0.527. The fourth-order valence-electron chi connectivity index (χ4n) is 2.05. The molecule has 0 aliphatic carbocycles. The predicted molar refractivity (Wildman–Crippen MR) is 92.5 cm³/mol. The standard InChI is InChI=1S/C19H28O5/c1-6-14(3)23-12-13-24-18(21)16-10-8-15(9-11-16)17(20)19(4,7-2)22-5/h8-11,14H,6-7,12-13H2,1-5H3. The molecule has 24 heavy (non-hydrogen) atoms. The Morgan fingerprint density at radius 2 is 1.67 bits per heavy atom. The van der Waals surface area contributed by atoms with Gasteiger partial charge in [0.05, 0.1) is 18.3 Å². The Kier molecular flexibility index (Phi) is 8.08. The minimum absolute atomic E-state index is 0.102. The number of methoxy groups -OCH3 is 1. The van der Waals surface area contributed by atoms with E-state index in [9.17, 15) is 9.59 Å². The lowest BCUT2D eigenvalue weighted by Crippen LogP contribution is -2.36. The van der Waals surface area contributed by atoms with Crippen molar-refractivity contribution in [3.63, 3.8) is 0 Å². The molecule has 1 rings (SSSR count). The molecule has 2 atom stereocenters. The first-order valence-electron chi connectivity index (χ1n) is 8.36. The first-order valence-corrected chi connectivity index (χ1v) is 8.36. The Balaban J connectivity index is 2.61. The van der Waals surface area contributed by atoms with Crippen LogP contribution in [0.4, 0.5) is 0 Å². The maximum Gasteiger partial charge on any atom is 0.338 e. The van der Waals surface area contributed by atoms with Crippen molar-refractivity contribution >= 4 is 11.8 Å². The molecule has 0 saturated carbocycles. The van der Waals surface area contributed by atoms with Crippen molar-refractivity contribution < 1.29 is 23.8 Å². The third-order valence-electron chi connectivity index (χ3n) is 4.28. The minimum atomic E-state index is -0.852. The lowest BCUT2D eigenvalue weighted by atomic mass is 9.91. The van der Waals surface area contributed by atoms with Gasteiger partial charge in [0, 0.05) is 12.7 Å². The molecule has 2 unspecified atom stereocenters. The van der Waals surface area contributed by atoms with E-state index < -0.39 is 11.6 Å². The number of carbonyl (C=O) groups excluding carboxylic acids is 2. The van der Waals surface area contributed by atoms with Gasteiger partial charge in [0.1, 0.15) is 12.2 Å². The second-order valence-corrected chi connectivity index (χ2v) is 5.92. The van der Waals surface area contributed by atoms with Gasteiger partial charge in [-0.25, -0.2) is 4.79 Å². The average Bonchev–Trinajstić information content (AvgIpc) is 2.63. The maximum atomic E-state index is 12.5. The van der Waals surface area contributed by atoms with Gasteiger partial charge >= 0.3 is 5.97 Å². The van der Waals surface area contributed by atoms with Crippen LogP contribution in [0.2, 0.25) is 0 Å². The van der Waals surface area contributed by atoms with E-state index in [1.165, 1.54) is 7.11 Å². The van der Waals surface area contributed by atoms with E-state index in [2.05, 4.69) is 0 Å². The van der Waals surface area contributed by atoms with Crippen molar-refractivity contribution in [2.45, 2.75) is 52.2 Å². The zero-order valence-electron chi connectivity index (χ0n) is 15.3. The highest BCUT2D eigenvalue weighted by Crippen LogP contribution is 2.21. The minimum Gasteiger partial charge on any atom is -0.460 e. The summed E-state index contributed by atoms with van der Waals surface area (Å²) in [5.41, 5.74) is 0.0681. The third-order valence-corrected chi connectivity index (χ3v) is 4.28. The van der Waals surface area contributed by atoms with Crippen molar-refractivity contribution in [1.82, 2.24) is 0 Å². The zero-order valence-corrected chi connectivity index (χ0v) is 15.3. The second-order valence-electron chi connectivity index (χ2n) is 5.92. The van der Waals surface area contributed by atoms with Crippen LogP contribution in [0.1, 0.15) is 61.3 Å². The van der Waals surface area contributed by atoms with Gasteiger partial charge in [-0.15, -0.1) is 0 Å². The Morgan fingerprint density at radius 1 is 1.08 bits per heavy atom. The monoisotopic (exact) mass is 336 g/mol. The van der Waals surface area contributed by atoms with Crippen LogP contribution < -0.4 is 0 Å². The van der Waals surface area contributed by atoms with Crippen LogP contribution in [0.5, 0.6) is 0 Å². The molecule has 5 nitrogen and oxygen atoms in total. The highest BCUT2D eigenvalue weighted by molar-refractivity contribution is 6.03. The fraction of sp³-hybridized carbons (Fsp3) is 0.579. The van der Waals surface area contributed by atoms with Crippen molar-refractivity contribution in [2.75, 3.05) is 20.3 Å². The Labute approximate surface area is 144 Å². The molecule has 0 saturated heterocycles. The van der Waals surface area contributed by atoms with Crippen LogP contribution in [0.25, 0.3) is 0 Å². The molecule has 134 valence electrons. The second kappa shape index (κ2) is 9.55. The highest BCUT2D eigenvalue weighted by Gasteiger charge is 2.31. The molecular formula is C19H28O5. The van der Waals surface area contributed by atoms with Gasteiger partial charge in [-0.2, -0.15) is 0 Å². The van der Waals surface area contributed by atoms with Crippen LogP contribution in [-0.2, 0) is 14.2 Å². The summed E-state index contributed by atoms with van der Waals surface area (Å²) in [4.78, 5) is 24.4. The molecule has 0 aliphatic heterocycles. The maximum absolute atomic E-state index is 12.5. The van der Waals surface area contributed by atoms with E-state index >= 15 is 0 Å². The number of benzene rings is 1. The fourth-order valence-corrected chi connectivity index (χ4v) is 2.05. The number of hydrogen-bond donors (Lipinski definition) is 0. The first-order chi connectivity index (χ1) is 11.4. The van der Waals surface area contributed by atoms with Crippen LogP contribution >= 0.6 is 0 Å². The number of Topliss-reactive ketones (excluding diaryl/α,β-unsaturated/α-hetero) is 1. The first kappa shape index (κ1) is 20.3. The number of ether oxygens (including phenoxy) is 3. The molecule has 0 aromatic heterocycles. The molecule has 1 aromatic rings. The molecule has 0 radical (unpaired) electrons. The SMILES string of the molecule is CCC(C)OCCOC(=O)c1ccc(C(=O)C(C)(CC)OC)cc1. The molecule has 0 heterocycles. The molecule has 0 spiro atoms. The van der Waals surface area contributed by atoms with Crippen LogP contribution in [0, 0.1) is 0 Å². The lowest BCUT2D eigenvalue weighted by Gasteiger charge is -2.24.